The van der Waals surface area contributed by atoms with Gasteiger partial charge in [-0.3, -0.25) is 24.0 Å². The second-order valence-electron chi connectivity index (χ2n) is 8.57. The maximum atomic E-state index is 13.8. The van der Waals surface area contributed by atoms with Crippen LogP contribution in [0.25, 0.3) is 0 Å². The first kappa shape index (κ1) is 29.2. The molecule has 0 heterocycles. The Morgan fingerprint density at radius 3 is 2.26 bits per heavy atom. The van der Waals surface area contributed by atoms with Crippen molar-refractivity contribution in [2.45, 2.75) is 37.8 Å². The Bertz CT molecular complexity index is 1420. The molecule has 3 aromatic rings. The van der Waals surface area contributed by atoms with Gasteiger partial charge in [0.1, 0.15) is 18.4 Å². The van der Waals surface area contributed by atoms with Gasteiger partial charge >= 0.3 is 0 Å². The largest absolute Gasteiger partial charge is 0.355 e. The molecule has 0 aliphatic heterocycles. The number of carbonyl (C=O) groups is 2. The first-order valence-electron chi connectivity index (χ1n) is 12.2. The lowest BCUT2D eigenvalue weighted by Gasteiger charge is -2.33. The summed E-state index contributed by atoms with van der Waals surface area (Å²) >= 11 is 0. The molecule has 3 rings (SSSR count). The van der Waals surface area contributed by atoms with Crippen molar-refractivity contribution in [1.29, 1.82) is 0 Å². The highest BCUT2D eigenvalue weighted by atomic mass is 32.2. The van der Waals surface area contributed by atoms with Gasteiger partial charge in [0, 0.05) is 25.2 Å². The van der Waals surface area contributed by atoms with Gasteiger partial charge in [0.15, 0.2) is 0 Å². The van der Waals surface area contributed by atoms with Gasteiger partial charge in [-0.2, -0.15) is 0 Å². The molecule has 0 saturated carbocycles. The molecule has 0 bridgehead atoms. The number of carbonyl (C=O) groups excluding carboxylic acids is 2. The predicted molar refractivity (Wildman–Crippen MR) is 144 cm³/mol. The van der Waals surface area contributed by atoms with E-state index in [0.717, 1.165) is 10.4 Å². The molecular weight excluding hydrogens is 527 g/mol. The molecule has 0 aliphatic carbocycles. The number of anilines is 1. The Labute approximate surface area is 226 Å². The molecule has 10 nitrogen and oxygen atoms in total. The molecule has 1 atom stereocenters. The fourth-order valence-electron chi connectivity index (χ4n) is 4.01. The maximum Gasteiger partial charge on any atom is 0.271 e. The summed E-state index contributed by atoms with van der Waals surface area (Å²) in [6.07, 6.45) is 0.223. The van der Waals surface area contributed by atoms with Gasteiger partial charge in [-0.05, 0) is 49.2 Å². The number of likely N-dealkylation sites (N-methyl/N-ethyl adjacent to an activating group) is 1. The van der Waals surface area contributed by atoms with Crippen molar-refractivity contribution < 1.29 is 27.3 Å². The monoisotopic (exact) mass is 556 g/mol. The summed E-state index contributed by atoms with van der Waals surface area (Å²) in [7, 11) is -4.35. The summed E-state index contributed by atoms with van der Waals surface area (Å²) in [6.45, 7) is 2.92. The van der Waals surface area contributed by atoms with Crippen LogP contribution in [0, 0.1) is 15.9 Å². The van der Waals surface area contributed by atoms with Gasteiger partial charge in [-0.1, -0.05) is 43.3 Å². The van der Waals surface area contributed by atoms with Gasteiger partial charge < -0.3 is 10.2 Å². The number of amides is 2. The summed E-state index contributed by atoms with van der Waals surface area (Å²) in [6, 6.07) is 16.8. The third-order valence-corrected chi connectivity index (χ3v) is 7.73. The normalized spacial score (nSPS) is 11.9. The number of rotatable bonds is 12. The second-order valence-corrected chi connectivity index (χ2v) is 10.4. The topological polar surface area (TPSA) is 130 Å². The lowest BCUT2D eigenvalue weighted by atomic mass is 10.1. The van der Waals surface area contributed by atoms with Crippen molar-refractivity contribution in [3.63, 3.8) is 0 Å². The molecular formula is C27H29FN4O6S. The van der Waals surface area contributed by atoms with Crippen LogP contribution >= 0.6 is 0 Å². The van der Waals surface area contributed by atoms with Crippen LogP contribution < -0.4 is 9.62 Å². The maximum absolute atomic E-state index is 13.8. The Balaban J connectivity index is 2.08. The predicted octanol–water partition coefficient (Wildman–Crippen LogP) is 3.87. The summed E-state index contributed by atoms with van der Waals surface area (Å²) in [4.78, 5) is 38.6. The lowest BCUT2D eigenvalue weighted by Crippen LogP contribution is -2.52. The van der Waals surface area contributed by atoms with E-state index in [1.54, 1.807) is 19.9 Å². The Kier molecular flexibility index (Phi) is 9.72. The molecule has 12 heteroatoms. The second kappa shape index (κ2) is 13.0. The average molecular weight is 557 g/mol. The SMILES string of the molecule is CCNC(=O)[C@@H](CC)N(Cc1ccc(F)cc1)C(=O)CN(c1cccc([N+](=O)[O-])c1)S(=O)(=O)c1ccccc1. The van der Waals surface area contributed by atoms with Gasteiger partial charge in [-0.25, -0.2) is 12.8 Å². The van der Waals surface area contributed by atoms with Crippen LogP contribution in [0.15, 0.2) is 83.8 Å². The number of nitrogens with zero attached hydrogens (tertiary/aromatic N) is 3. The van der Waals surface area contributed by atoms with Crippen molar-refractivity contribution in [1.82, 2.24) is 10.2 Å². The molecule has 206 valence electrons. The van der Waals surface area contributed by atoms with Gasteiger partial charge in [0.2, 0.25) is 11.8 Å². The fourth-order valence-corrected chi connectivity index (χ4v) is 5.44. The molecule has 0 aliphatic rings. The third-order valence-electron chi connectivity index (χ3n) is 5.94. The van der Waals surface area contributed by atoms with E-state index in [4.69, 9.17) is 0 Å². The number of halogens is 1. The van der Waals surface area contributed by atoms with Crippen molar-refractivity contribution >= 4 is 33.2 Å². The first-order valence-corrected chi connectivity index (χ1v) is 13.7. The van der Waals surface area contributed by atoms with E-state index >= 15 is 0 Å². The minimum absolute atomic E-state index is 0.0887. The molecule has 1 N–H and O–H groups in total. The zero-order valence-corrected chi connectivity index (χ0v) is 22.3. The van der Waals surface area contributed by atoms with E-state index in [0.29, 0.717) is 12.1 Å². The standard InChI is InChI=1S/C27H29FN4O6S/c1-3-25(27(34)29-4-2)30(18-20-13-15-21(28)16-14-20)26(33)19-31(22-9-8-10-23(17-22)32(35)36)39(37,38)24-11-6-5-7-12-24/h5-17,25H,3-4,18-19H2,1-2H3,(H,29,34)/t25-/m1/s1. The summed E-state index contributed by atoms with van der Waals surface area (Å²) in [5.74, 6) is -1.62. The minimum atomic E-state index is -4.35. The molecule has 2 amide bonds. The summed E-state index contributed by atoms with van der Waals surface area (Å²) < 4.78 is 41.7. The molecule has 0 unspecified atom stereocenters. The summed E-state index contributed by atoms with van der Waals surface area (Å²) in [5, 5.41) is 14.1. The highest BCUT2D eigenvalue weighted by molar-refractivity contribution is 7.92. The number of non-ortho nitro benzene ring substituents is 1. The van der Waals surface area contributed by atoms with Gasteiger partial charge in [0.05, 0.1) is 15.5 Å². The molecule has 3 aromatic carbocycles. The molecule has 0 saturated heterocycles. The van der Waals surface area contributed by atoms with E-state index in [2.05, 4.69) is 5.32 Å². The molecule has 39 heavy (non-hydrogen) atoms. The zero-order chi connectivity index (χ0) is 28.6. The first-order chi connectivity index (χ1) is 18.6. The third kappa shape index (κ3) is 7.17. The number of hydrogen-bond acceptors (Lipinski definition) is 6. The number of sulfonamides is 1. The molecule has 0 fully saturated rings. The van der Waals surface area contributed by atoms with Crippen LogP contribution in [0.2, 0.25) is 0 Å². The van der Waals surface area contributed by atoms with Crippen molar-refractivity contribution in [3.8, 4) is 0 Å². The Morgan fingerprint density at radius 1 is 1.00 bits per heavy atom. The van der Waals surface area contributed by atoms with Crippen LogP contribution in [0.5, 0.6) is 0 Å². The number of nitro groups is 1. The highest BCUT2D eigenvalue weighted by Gasteiger charge is 2.34. The lowest BCUT2D eigenvalue weighted by molar-refractivity contribution is -0.384. The molecule has 0 radical (unpaired) electrons. The van der Waals surface area contributed by atoms with E-state index < -0.39 is 45.2 Å². The van der Waals surface area contributed by atoms with Crippen LogP contribution in [0.3, 0.4) is 0 Å². The van der Waals surface area contributed by atoms with E-state index in [1.807, 2.05) is 0 Å². The number of benzene rings is 3. The quantitative estimate of drug-likeness (QED) is 0.266. The molecule has 0 aromatic heterocycles. The number of nitrogens with one attached hydrogen (secondary N) is 1. The number of nitro benzene ring substituents is 1. The van der Waals surface area contributed by atoms with E-state index in [1.165, 1.54) is 71.6 Å². The van der Waals surface area contributed by atoms with Crippen LogP contribution in [0.1, 0.15) is 25.8 Å². The summed E-state index contributed by atoms with van der Waals surface area (Å²) in [5.41, 5.74) is 0.0830. The molecule has 0 spiro atoms. The minimum Gasteiger partial charge on any atom is -0.355 e. The van der Waals surface area contributed by atoms with Crippen LogP contribution in [-0.2, 0) is 26.2 Å². The highest BCUT2D eigenvalue weighted by Crippen LogP contribution is 2.27. The Hall–Kier alpha value is -4.32. The van der Waals surface area contributed by atoms with Crippen LogP contribution in [0.4, 0.5) is 15.8 Å². The van der Waals surface area contributed by atoms with Gasteiger partial charge in [0.25, 0.3) is 15.7 Å². The van der Waals surface area contributed by atoms with Crippen molar-refractivity contribution in [2.75, 3.05) is 17.4 Å². The average Bonchev–Trinajstić information content (AvgIpc) is 2.93. The van der Waals surface area contributed by atoms with E-state index in [9.17, 15) is 32.5 Å². The van der Waals surface area contributed by atoms with Crippen LogP contribution in [-0.4, -0.2) is 49.2 Å². The van der Waals surface area contributed by atoms with E-state index in [-0.39, 0.29) is 29.2 Å². The number of hydrogen-bond donors (Lipinski definition) is 1. The Morgan fingerprint density at radius 2 is 1.67 bits per heavy atom. The van der Waals surface area contributed by atoms with Gasteiger partial charge in [-0.15, -0.1) is 0 Å². The smallest absolute Gasteiger partial charge is 0.271 e. The zero-order valence-electron chi connectivity index (χ0n) is 21.5. The fraction of sp³-hybridized carbons (Fsp3) is 0.259. The van der Waals surface area contributed by atoms with Crippen molar-refractivity contribution in [2.24, 2.45) is 0 Å². The van der Waals surface area contributed by atoms with Crippen molar-refractivity contribution in [3.05, 3.63) is 100 Å².